The van der Waals surface area contributed by atoms with E-state index < -0.39 is 13.6 Å². The molecule has 0 aromatic carbocycles. The summed E-state index contributed by atoms with van der Waals surface area (Å²) < 4.78 is 33.1. The van der Waals surface area contributed by atoms with Crippen molar-refractivity contribution in [1.82, 2.24) is 0 Å². The Morgan fingerprint density at radius 2 is 1.43 bits per heavy atom. The van der Waals surface area contributed by atoms with Gasteiger partial charge in [0.2, 0.25) is 0 Å². The van der Waals surface area contributed by atoms with Crippen LogP contribution in [0.4, 0.5) is 0 Å². The van der Waals surface area contributed by atoms with E-state index in [4.69, 9.17) is 15.9 Å². The van der Waals surface area contributed by atoms with E-state index in [1.165, 1.54) is 0 Å². The first-order valence-corrected chi connectivity index (χ1v) is 2.81. The van der Waals surface area contributed by atoms with Crippen molar-refractivity contribution < 1.29 is 61.4 Å². The van der Waals surface area contributed by atoms with E-state index >= 15 is 0 Å². The Balaban J connectivity index is -0.0000000800. The molecule has 0 radical (unpaired) electrons. The quantitative estimate of drug-likeness (QED) is 0.413. The van der Waals surface area contributed by atoms with Crippen molar-refractivity contribution >= 4 is 0 Å². The fourth-order valence-corrected chi connectivity index (χ4v) is 0. The van der Waals surface area contributed by atoms with Crippen LogP contribution < -0.4 is 16.6 Å². The van der Waals surface area contributed by atoms with Gasteiger partial charge in [0, 0.05) is 0 Å². The molecular weight excluding hydrogens is 217 g/mol. The summed E-state index contributed by atoms with van der Waals surface area (Å²) in [5, 5.41) is 0. The maximum Gasteiger partial charge on any atom is 2.00 e. The zero-order valence-corrected chi connectivity index (χ0v) is 8.16. The Kier molecular flexibility index (Phi) is 11.4. The fraction of sp³-hybridized carbons (Fsp3) is 0. The molecule has 0 bridgehead atoms. The van der Waals surface area contributed by atoms with Gasteiger partial charge in [-0.2, -0.15) is 0 Å². The zero-order valence-electron chi connectivity index (χ0n) is 3.17. The molecule has 0 unspecified atom stereocenters. The molecule has 0 fully saturated rings. The Morgan fingerprint density at radius 3 is 1.43 bits per heavy atom. The van der Waals surface area contributed by atoms with Crippen LogP contribution in [0.25, 0.3) is 0 Å². The van der Waals surface area contributed by atoms with Crippen molar-refractivity contribution in [2.45, 2.75) is 0 Å². The molecule has 7 heavy (non-hydrogen) atoms. The van der Waals surface area contributed by atoms with Gasteiger partial charge in [0.25, 0.3) is 0 Å². The van der Waals surface area contributed by atoms with Gasteiger partial charge in [-0.3, -0.25) is 0 Å². The first-order chi connectivity index (χ1) is 2.00. The second-order valence-corrected chi connectivity index (χ2v) is 1.76. The molecule has 0 heterocycles. The molecule has 0 atom stereocenters. The first kappa shape index (κ1) is 15.7. The minimum atomic E-state index is -5.50. The average Bonchev–Trinajstić information content (AvgIpc) is 0.722. The Bertz CT molecular complexity index is 94.9. The summed E-state index contributed by atoms with van der Waals surface area (Å²) in [5.41, 5.74) is 0. The molecule has 0 aliphatic heterocycles. The van der Waals surface area contributed by atoms with E-state index in [1.807, 2.05) is 0 Å². The summed E-state index contributed by atoms with van der Waals surface area (Å²) >= 11 is -5.50. The van der Waals surface area contributed by atoms with Crippen molar-refractivity contribution in [3.8, 4) is 0 Å². The summed E-state index contributed by atoms with van der Waals surface area (Å²) in [4.78, 5) is 0. The third-order valence-corrected chi connectivity index (χ3v) is 0. The van der Waals surface area contributed by atoms with Gasteiger partial charge < -0.3 is 12.4 Å². The van der Waals surface area contributed by atoms with Gasteiger partial charge in [0.05, 0.1) is 0 Å². The van der Waals surface area contributed by atoms with E-state index in [2.05, 4.69) is 0 Å². The Labute approximate surface area is 61.5 Å². The van der Waals surface area contributed by atoms with Crippen molar-refractivity contribution in [1.29, 1.82) is 0 Å². The third kappa shape index (κ3) is 184. The summed E-state index contributed by atoms with van der Waals surface area (Å²) in [6.07, 6.45) is 0. The molecule has 0 aromatic heterocycles. The second-order valence-electron chi connectivity index (χ2n) is 0.428. The van der Waals surface area contributed by atoms with Crippen LogP contribution in [-0.2, 0) is 40.7 Å². The van der Waals surface area contributed by atoms with E-state index in [1.54, 1.807) is 0 Å². The van der Waals surface area contributed by atoms with Crippen molar-refractivity contribution in [3.63, 3.8) is 0 Å². The predicted octanol–water partition coefficient (Wildman–Crippen LogP) is -4.98. The standard InChI is InChI=1S/ClH.Cr.H2O.3O.Zn/h1H;;1H2;;;;/q;+1;;;;-1;+2/p-2. The summed E-state index contributed by atoms with van der Waals surface area (Å²) in [7, 11) is 0. The van der Waals surface area contributed by atoms with Crippen LogP contribution in [0.3, 0.4) is 0 Å². The molecule has 0 aliphatic carbocycles. The van der Waals surface area contributed by atoms with Crippen LogP contribution in [0.1, 0.15) is 0 Å². The average molecular weight is 218 g/mol. The van der Waals surface area contributed by atoms with E-state index in [-0.39, 0.29) is 31.9 Å². The van der Waals surface area contributed by atoms with Crippen LogP contribution >= 0.6 is 0 Å². The monoisotopic (exact) mass is 216 g/mol. The van der Waals surface area contributed by atoms with Gasteiger partial charge >= 0.3 is 49.0 Å². The third-order valence-electron chi connectivity index (χ3n) is 0. The largest absolute Gasteiger partial charge is 2.00 e. The summed E-state index contributed by atoms with van der Waals surface area (Å²) in [6.45, 7) is 0. The van der Waals surface area contributed by atoms with Gasteiger partial charge in [0.1, 0.15) is 0 Å². The predicted molar refractivity (Wildman–Crippen MR) is 3.59 cm³/mol. The smallest absolute Gasteiger partial charge is 2.00 e. The van der Waals surface area contributed by atoms with Crippen LogP contribution in [0.15, 0.2) is 0 Å². The normalized spacial score (nSPS) is 8.29. The molecule has 0 spiro atoms. The van der Waals surface area contributed by atoms with Crippen molar-refractivity contribution in [2.24, 2.45) is 0 Å². The first-order valence-electron chi connectivity index (χ1n) is 0.683. The molecule has 0 rings (SSSR count). The fourth-order valence-electron chi connectivity index (χ4n) is 0. The number of halogens is 1. The second kappa shape index (κ2) is 5.11. The van der Waals surface area contributed by atoms with Gasteiger partial charge in [0.15, 0.2) is 0 Å². The number of hydrogen-bond acceptors (Lipinski definition) is 3. The molecule has 4 nitrogen and oxygen atoms in total. The molecule has 0 saturated heterocycles. The Morgan fingerprint density at radius 1 is 1.43 bits per heavy atom. The molecule has 0 aromatic rings. The van der Waals surface area contributed by atoms with Crippen molar-refractivity contribution in [2.75, 3.05) is 0 Å². The summed E-state index contributed by atoms with van der Waals surface area (Å²) in [6, 6.07) is 0. The molecule has 7 heteroatoms. The SMILES string of the molecule is [Cl-].[O]=[Cr](=[O])([O-])[OH].[Zn+2]. The van der Waals surface area contributed by atoms with E-state index in [0.717, 1.165) is 0 Å². The summed E-state index contributed by atoms with van der Waals surface area (Å²) in [5.74, 6) is 0. The maximum absolute atomic E-state index is 8.70. The molecule has 0 saturated carbocycles. The van der Waals surface area contributed by atoms with Gasteiger partial charge in [-0.25, -0.2) is 0 Å². The molecule has 40 valence electrons. The molecule has 0 aliphatic rings. The Hall–Kier alpha value is 0.966. The van der Waals surface area contributed by atoms with Gasteiger partial charge in [-0.1, -0.05) is 0 Å². The van der Waals surface area contributed by atoms with E-state index in [0.29, 0.717) is 0 Å². The number of hydrogen-bond donors (Lipinski definition) is 1. The van der Waals surface area contributed by atoms with Crippen LogP contribution in [0.2, 0.25) is 0 Å². The zero-order chi connectivity index (χ0) is 4.50. The minimum Gasteiger partial charge on any atom is 2.00 e. The minimum absolute atomic E-state index is 0. The van der Waals surface area contributed by atoms with Crippen molar-refractivity contribution in [3.05, 3.63) is 0 Å². The van der Waals surface area contributed by atoms with Gasteiger partial charge in [-0.05, 0) is 0 Å². The van der Waals surface area contributed by atoms with Crippen LogP contribution in [-0.4, -0.2) is 4.16 Å². The number of rotatable bonds is 0. The molecule has 1 N–H and O–H groups in total. The van der Waals surface area contributed by atoms with Crippen LogP contribution in [0, 0.1) is 0 Å². The topological polar surface area (TPSA) is 77.4 Å². The molecular formula is HClCrO4Zn. The maximum atomic E-state index is 8.70. The van der Waals surface area contributed by atoms with Gasteiger partial charge in [-0.15, -0.1) is 0 Å². The van der Waals surface area contributed by atoms with E-state index in [9.17, 15) is 0 Å². The molecule has 0 amide bonds. The van der Waals surface area contributed by atoms with Crippen LogP contribution in [0.5, 0.6) is 0 Å².